The van der Waals surface area contributed by atoms with Gasteiger partial charge in [0.1, 0.15) is 0 Å². The van der Waals surface area contributed by atoms with E-state index in [1.54, 1.807) is 35.6 Å². The Morgan fingerprint density at radius 2 is 1.64 bits per heavy atom. The predicted molar refractivity (Wildman–Crippen MR) is 103 cm³/mol. The maximum absolute atomic E-state index is 12.5. The summed E-state index contributed by atoms with van der Waals surface area (Å²) >= 11 is 1.59. The van der Waals surface area contributed by atoms with Crippen LogP contribution < -0.4 is 10.0 Å². The van der Waals surface area contributed by atoms with Crippen molar-refractivity contribution in [2.75, 3.05) is 16.3 Å². The second-order valence-corrected chi connectivity index (χ2v) is 9.26. The first-order chi connectivity index (χ1) is 11.9. The second-order valence-electron chi connectivity index (χ2n) is 6.38. The summed E-state index contributed by atoms with van der Waals surface area (Å²) in [4.78, 5) is 14.6. The first kappa shape index (κ1) is 17.9. The highest BCUT2D eigenvalue weighted by molar-refractivity contribution is 7.92. The number of sulfonamides is 1. The lowest BCUT2D eigenvalue weighted by atomic mass is 10.00. The van der Waals surface area contributed by atoms with Crippen LogP contribution in [0.25, 0.3) is 0 Å². The molecule has 0 atom stereocenters. The number of nitrogens with one attached hydrogen (secondary N) is 2. The molecule has 0 aliphatic heterocycles. The molecular weight excluding hydrogens is 356 g/mol. The molecule has 0 spiro atoms. The van der Waals surface area contributed by atoms with E-state index in [-0.39, 0.29) is 5.91 Å². The molecule has 0 unspecified atom stereocenters. The Morgan fingerprint density at radius 3 is 2.32 bits per heavy atom. The third-order valence-electron chi connectivity index (χ3n) is 4.17. The minimum Gasteiger partial charge on any atom is -0.321 e. The summed E-state index contributed by atoms with van der Waals surface area (Å²) in [6.07, 6.45) is 8.16. The monoisotopic (exact) mass is 378 g/mol. The second kappa shape index (κ2) is 7.58. The van der Waals surface area contributed by atoms with Gasteiger partial charge in [0.2, 0.25) is 10.0 Å². The molecule has 1 amide bonds. The summed E-state index contributed by atoms with van der Waals surface area (Å²) in [5.74, 6) is -0.111. The van der Waals surface area contributed by atoms with E-state index in [1.807, 2.05) is 6.07 Å². The Labute approximate surface area is 152 Å². The molecule has 134 valence electrons. The van der Waals surface area contributed by atoms with Crippen LogP contribution in [-0.2, 0) is 22.9 Å². The molecule has 0 bridgehead atoms. The van der Waals surface area contributed by atoms with Crippen molar-refractivity contribution in [3.63, 3.8) is 0 Å². The Kier molecular flexibility index (Phi) is 5.44. The number of rotatable bonds is 4. The molecule has 1 aliphatic rings. The first-order valence-electron chi connectivity index (χ1n) is 8.41. The predicted octanol–water partition coefficient (Wildman–Crippen LogP) is 4.03. The zero-order valence-corrected chi connectivity index (χ0v) is 15.8. The van der Waals surface area contributed by atoms with Crippen molar-refractivity contribution in [1.29, 1.82) is 0 Å². The Bertz CT molecular complexity index is 829. The smallest absolute Gasteiger partial charge is 0.265 e. The molecule has 7 heteroatoms. The van der Waals surface area contributed by atoms with Crippen LogP contribution in [-0.4, -0.2) is 20.6 Å². The Hall–Kier alpha value is -1.86. The molecule has 2 aromatic rings. The third kappa shape index (κ3) is 5.06. The topological polar surface area (TPSA) is 75.3 Å². The first-order valence-corrected chi connectivity index (χ1v) is 11.1. The zero-order valence-electron chi connectivity index (χ0n) is 14.2. The van der Waals surface area contributed by atoms with Crippen LogP contribution in [0.5, 0.6) is 0 Å². The van der Waals surface area contributed by atoms with Crippen LogP contribution in [0.2, 0.25) is 0 Å². The highest BCUT2D eigenvalue weighted by Crippen LogP contribution is 2.29. The summed E-state index contributed by atoms with van der Waals surface area (Å²) in [5.41, 5.74) is 2.44. The summed E-state index contributed by atoms with van der Waals surface area (Å²) in [6, 6.07) is 8.67. The van der Waals surface area contributed by atoms with Crippen LogP contribution in [0.3, 0.4) is 0 Å². The van der Waals surface area contributed by atoms with Crippen molar-refractivity contribution < 1.29 is 13.2 Å². The fourth-order valence-electron chi connectivity index (χ4n) is 2.98. The highest BCUT2D eigenvalue weighted by atomic mass is 32.2. The van der Waals surface area contributed by atoms with E-state index in [1.165, 1.54) is 36.1 Å². The standard InChI is InChI=1S/C18H22N2O3S2/c1-25(22,23)20-15-10-8-14(9-11-15)19-18(21)17-12-13-6-4-2-3-5-7-16(13)24-17/h8-12,20H,2-7H2,1H3,(H,19,21). The molecule has 0 fully saturated rings. The van der Waals surface area contributed by atoms with Gasteiger partial charge in [-0.1, -0.05) is 12.8 Å². The number of benzene rings is 1. The lowest BCUT2D eigenvalue weighted by Gasteiger charge is -2.07. The van der Waals surface area contributed by atoms with Gasteiger partial charge in [0.15, 0.2) is 0 Å². The van der Waals surface area contributed by atoms with Gasteiger partial charge in [-0.25, -0.2) is 8.42 Å². The van der Waals surface area contributed by atoms with Crippen LogP contribution in [0.15, 0.2) is 30.3 Å². The van der Waals surface area contributed by atoms with Gasteiger partial charge >= 0.3 is 0 Å². The molecule has 5 nitrogen and oxygen atoms in total. The molecule has 3 rings (SSSR count). The van der Waals surface area contributed by atoms with Crippen LogP contribution >= 0.6 is 11.3 Å². The van der Waals surface area contributed by atoms with E-state index in [0.29, 0.717) is 11.4 Å². The number of carbonyl (C=O) groups excluding carboxylic acids is 1. The lowest BCUT2D eigenvalue weighted by molar-refractivity contribution is 0.103. The fourth-order valence-corrected chi connectivity index (χ4v) is 4.70. The number of fused-ring (bicyclic) bond motifs is 1. The van der Waals surface area contributed by atoms with Crippen LogP contribution in [0, 0.1) is 0 Å². The summed E-state index contributed by atoms with van der Waals surface area (Å²) in [7, 11) is -3.30. The molecular formula is C18H22N2O3S2. The Morgan fingerprint density at radius 1 is 1.00 bits per heavy atom. The summed E-state index contributed by atoms with van der Waals surface area (Å²) in [6.45, 7) is 0. The maximum atomic E-state index is 12.5. The zero-order chi connectivity index (χ0) is 17.9. The van der Waals surface area contributed by atoms with Crippen molar-refractivity contribution in [2.45, 2.75) is 38.5 Å². The van der Waals surface area contributed by atoms with Gasteiger partial charge in [-0.15, -0.1) is 11.3 Å². The molecule has 0 saturated carbocycles. The normalized spacial score (nSPS) is 14.9. The number of amides is 1. The van der Waals surface area contributed by atoms with Gasteiger partial charge in [-0.05, 0) is 61.6 Å². The maximum Gasteiger partial charge on any atom is 0.265 e. The SMILES string of the molecule is CS(=O)(=O)Nc1ccc(NC(=O)c2cc3c(s2)CCCCCC3)cc1. The molecule has 1 aliphatic carbocycles. The van der Waals surface area contributed by atoms with Gasteiger partial charge in [-0.3, -0.25) is 9.52 Å². The molecule has 1 aromatic heterocycles. The van der Waals surface area contributed by atoms with Crippen molar-refractivity contribution >= 4 is 38.6 Å². The van der Waals surface area contributed by atoms with E-state index in [2.05, 4.69) is 10.0 Å². The molecule has 1 heterocycles. The fraction of sp³-hybridized carbons (Fsp3) is 0.389. The number of carbonyl (C=O) groups is 1. The number of thiophene rings is 1. The highest BCUT2D eigenvalue weighted by Gasteiger charge is 2.16. The average molecular weight is 379 g/mol. The molecule has 0 radical (unpaired) electrons. The number of hydrogen-bond acceptors (Lipinski definition) is 4. The van der Waals surface area contributed by atoms with Crippen LogP contribution in [0.1, 0.15) is 45.8 Å². The number of aryl methyl sites for hydroxylation is 2. The van der Waals surface area contributed by atoms with Gasteiger partial charge < -0.3 is 5.32 Å². The van der Waals surface area contributed by atoms with E-state index in [4.69, 9.17) is 0 Å². The van der Waals surface area contributed by atoms with Gasteiger partial charge in [0, 0.05) is 16.3 Å². The lowest BCUT2D eigenvalue weighted by Crippen LogP contribution is -2.11. The summed E-state index contributed by atoms with van der Waals surface area (Å²) < 4.78 is 24.8. The molecule has 2 N–H and O–H groups in total. The molecule has 0 saturated heterocycles. The van der Waals surface area contributed by atoms with Crippen molar-refractivity contribution in [2.24, 2.45) is 0 Å². The third-order valence-corrected chi connectivity index (χ3v) is 6.01. The minimum absolute atomic E-state index is 0.111. The van der Waals surface area contributed by atoms with Crippen molar-refractivity contribution in [3.8, 4) is 0 Å². The van der Waals surface area contributed by atoms with Crippen LogP contribution in [0.4, 0.5) is 11.4 Å². The molecule has 1 aromatic carbocycles. The Balaban J connectivity index is 1.69. The minimum atomic E-state index is -3.30. The molecule has 25 heavy (non-hydrogen) atoms. The van der Waals surface area contributed by atoms with E-state index in [0.717, 1.165) is 24.0 Å². The van der Waals surface area contributed by atoms with E-state index >= 15 is 0 Å². The van der Waals surface area contributed by atoms with E-state index in [9.17, 15) is 13.2 Å². The van der Waals surface area contributed by atoms with Gasteiger partial charge in [-0.2, -0.15) is 0 Å². The summed E-state index contributed by atoms with van der Waals surface area (Å²) in [5, 5.41) is 2.88. The van der Waals surface area contributed by atoms with E-state index < -0.39 is 10.0 Å². The van der Waals surface area contributed by atoms with Gasteiger partial charge in [0.05, 0.1) is 11.1 Å². The van der Waals surface area contributed by atoms with Crippen molar-refractivity contribution in [1.82, 2.24) is 0 Å². The van der Waals surface area contributed by atoms with Crippen molar-refractivity contribution in [3.05, 3.63) is 45.6 Å². The van der Waals surface area contributed by atoms with Gasteiger partial charge in [0.25, 0.3) is 5.91 Å². The average Bonchev–Trinajstić information content (AvgIpc) is 2.90. The number of hydrogen-bond donors (Lipinski definition) is 2. The number of anilines is 2. The quantitative estimate of drug-likeness (QED) is 0.843. The largest absolute Gasteiger partial charge is 0.321 e.